The summed E-state index contributed by atoms with van der Waals surface area (Å²) in [6, 6.07) is 15.1. The quantitative estimate of drug-likeness (QED) is 0.267. The zero-order chi connectivity index (χ0) is 30.1. The largest absolute Gasteiger partial charge is 0.359 e. The van der Waals surface area contributed by atoms with E-state index < -0.39 is 5.92 Å². The third kappa shape index (κ3) is 9.46. The van der Waals surface area contributed by atoms with Crippen molar-refractivity contribution in [2.75, 3.05) is 46.8 Å². The van der Waals surface area contributed by atoms with Crippen molar-refractivity contribution in [2.24, 2.45) is 5.92 Å². The monoisotopic (exact) mass is 609 g/mol. The Balaban J connectivity index is 1.43. The van der Waals surface area contributed by atoms with Crippen molar-refractivity contribution in [3.63, 3.8) is 0 Å². The molecule has 2 N–H and O–H groups in total. The van der Waals surface area contributed by atoms with E-state index in [4.69, 9.17) is 11.6 Å². The van der Waals surface area contributed by atoms with Crippen molar-refractivity contribution in [3.8, 4) is 0 Å². The predicted octanol–water partition coefficient (Wildman–Crippen LogP) is 4.12. The minimum Gasteiger partial charge on any atom is -0.359 e. The lowest BCUT2D eigenvalue weighted by molar-refractivity contribution is -0.130. The van der Waals surface area contributed by atoms with E-state index in [1.54, 1.807) is 13.1 Å². The highest BCUT2D eigenvalue weighted by Gasteiger charge is 2.27. The molecule has 0 aliphatic carbocycles. The Hall–Kier alpha value is -3.11. The number of ketones is 1. The number of halogens is 1. The number of hydrogen-bond donors (Lipinski definition) is 2. The summed E-state index contributed by atoms with van der Waals surface area (Å²) in [4.78, 5) is 48.4. The van der Waals surface area contributed by atoms with E-state index in [1.165, 1.54) is 11.3 Å². The number of aromatic nitrogens is 1. The molecule has 1 aliphatic rings. The van der Waals surface area contributed by atoms with Crippen LogP contribution in [-0.4, -0.2) is 85.2 Å². The summed E-state index contributed by atoms with van der Waals surface area (Å²) in [5, 5.41) is 7.21. The lowest BCUT2D eigenvalue weighted by Crippen LogP contribution is -2.45. The molecule has 10 heteroatoms. The van der Waals surface area contributed by atoms with Crippen LogP contribution in [0.1, 0.15) is 29.8 Å². The second-order valence-electron chi connectivity index (χ2n) is 11.0. The first kappa shape index (κ1) is 31.8. The molecule has 1 aromatic heterocycles. The zero-order valence-corrected chi connectivity index (χ0v) is 26.0. The van der Waals surface area contributed by atoms with E-state index >= 15 is 0 Å². The van der Waals surface area contributed by atoms with Crippen molar-refractivity contribution in [1.29, 1.82) is 0 Å². The molecule has 2 aromatic carbocycles. The number of nitrogens with one attached hydrogen (secondary N) is 2. The van der Waals surface area contributed by atoms with Gasteiger partial charge in [-0.3, -0.25) is 19.3 Å². The van der Waals surface area contributed by atoms with Crippen LogP contribution >= 0.6 is 22.9 Å². The average Bonchev–Trinajstić information content (AvgIpc) is 3.38. The van der Waals surface area contributed by atoms with Crippen LogP contribution in [0.4, 0.5) is 0 Å². The number of nitrogens with zero attached hydrogens (tertiary/aromatic N) is 3. The average molecular weight is 610 g/mol. The van der Waals surface area contributed by atoms with Gasteiger partial charge in [0.15, 0.2) is 5.78 Å². The van der Waals surface area contributed by atoms with Crippen LogP contribution in [0.15, 0.2) is 60.7 Å². The number of thiazole rings is 1. The first-order valence-corrected chi connectivity index (χ1v) is 15.6. The summed E-state index contributed by atoms with van der Waals surface area (Å²) < 4.78 is 0.939. The SMILES string of the molecule is C=C(CN1CCN(C)CC1)C(=O)CC[C@H](Cc1ccccc1)NC(=O)[C@@H](CC(=O)NC)Cc1nc2ccc(Cl)cc2s1. The summed E-state index contributed by atoms with van der Waals surface area (Å²) in [5.74, 6) is -1.02. The molecule has 0 bridgehead atoms. The molecule has 0 saturated carbocycles. The summed E-state index contributed by atoms with van der Waals surface area (Å²) in [6.45, 7) is 8.46. The number of carbonyl (C=O) groups is 3. The van der Waals surface area contributed by atoms with E-state index in [1.807, 2.05) is 42.5 Å². The molecule has 0 unspecified atom stereocenters. The molecule has 42 heavy (non-hydrogen) atoms. The molecule has 2 amide bonds. The standard InChI is InChI=1S/C32H40ClN5O3S/c1-22(21-38-15-13-37(3)14-16-38)28(39)12-10-26(17-23-7-5-4-6-8-23)35-32(41)24(18-30(40)34-2)19-31-36-27-11-9-25(33)20-29(27)42-31/h4-9,11,20,24,26H,1,10,12-19,21H2,2-3H3,(H,34,40)(H,35,41)/t24-,26+/m0/s1. The minimum absolute atomic E-state index is 0.0243. The molecule has 2 heterocycles. The van der Waals surface area contributed by atoms with Crippen LogP contribution in [0.5, 0.6) is 0 Å². The van der Waals surface area contributed by atoms with Crippen molar-refractivity contribution < 1.29 is 14.4 Å². The highest BCUT2D eigenvalue weighted by Crippen LogP contribution is 2.27. The normalized spacial score (nSPS) is 15.7. The Bertz CT molecular complexity index is 1390. The van der Waals surface area contributed by atoms with Crippen molar-refractivity contribution >= 4 is 50.8 Å². The van der Waals surface area contributed by atoms with E-state index in [0.29, 0.717) is 42.8 Å². The maximum absolute atomic E-state index is 13.7. The Morgan fingerprint density at radius 2 is 1.81 bits per heavy atom. The number of carbonyl (C=O) groups excluding carboxylic acids is 3. The molecular weight excluding hydrogens is 570 g/mol. The van der Waals surface area contributed by atoms with Gasteiger partial charge in [-0.1, -0.05) is 48.5 Å². The van der Waals surface area contributed by atoms with Crippen LogP contribution in [0.25, 0.3) is 10.2 Å². The molecule has 3 aromatic rings. The molecule has 4 rings (SSSR count). The molecule has 224 valence electrons. The third-order valence-corrected chi connectivity index (χ3v) is 8.97. The molecule has 1 fully saturated rings. The molecular formula is C32H40ClN5O3S. The Morgan fingerprint density at radius 1 is 1.07 bits per heavy atom. The topological polar surface area (TPSA) is 94.6 Å². The Labute approximate surface area is 257 Å². The van der Waals surface area contributed by atoms with Crippen LogP contribution in [0.2, 0.25) is 5.02 Å². The maximum atomic E-state index is 13.7. The van der Waals surface area contributed by atoms with Gasteiger partial charge < -0.3 is 15.5 Å². The van der Waals surface area contributed by atoms with E-state index in [2.05, 4.69) is 39.0 Å². The van der Waals surface area contributed by atoms with Gasteiger partial charge in [0.2, 0.25) is 11.8 Å². The molecule has 0 radical (unpaired) electrons. The van der Waals surface area contributed by atoms with Gasteiger partial charge in [-0.2, -0.15) is 0 Å². The van der Waals surface area contributed by atoms with Crippen LogP contribution in [0.3, 0.4) is 0 Å². The second-order valence-corrected chi connectivity index (χ2v) is 12.6. The summed E-state index contributed by atoms with van der Waals surface area (Å²) in [5.41, 5.74) is 2.49. The van der Waals surface area contributed by atoms with Gasteiger partial charge in [0.25, 0.3) is 0 Å². The summed E-state index contributed by atoms with van der Waals surface area (Å²) in [6.07, 6.45) is 1.72. The molecule has 2 atom stereocenters. The number of hydrogen-bond acceptors (Lipinski definition) is 7. The maximum Gasteiger partial charge on any atom is 0.224 e. The second kappa shape index (κ2) is 15.4. The number of fused-ring (bicyclic) bond motifs is 1. The predicted molar refractivity (Wildman–Crippen MR) is 170 cm³/mol. The van der Waals surface area contributed by atoms with Gasteiger partial charge >= 0.3 is 0 Å². The fourth-order valence-corrected chi connectivity index (χ4v) is 6.44. The van der Waals surface area contributed by atoms with Crippen molar-refractivity contribution in [1.82, 2.24) is 25.4 Å². The number of Topliss-reactive ketones (excluding diaryl/α,β-unsaturated/α-hetero) is 1. The van der Waals surface area contributed by atoms with E-state index in [-0.39, 0.29) is 30.1 Å². The van der Waals surface area contributed by atoms with Crippen molar-refractivity contribution in [3.05, 3.63) is 76.3 Å². The number of benzene rings is 2. The first-order valence-electron chi connectivity index (χ1n) is 14.4. The van der Waals surface area contributed by atoms with Gasteiger partial charge in [-0.25, -0.2) is 4.98 Å². The first-order chi connectivity index (χ1) is 20.2. The van der Waals surface area contributed by atoms with Gasteiger partial charge in [-0.15, -0.1) is 11.3 Å². The summed E-state index contributed by atoms with van der Waals surface area (Å²) >= 11 is 7.63. The van der Waals surface area contributed by atoms with Gasteiger partial charge in [0.05, 0.1) is 21.1 Å². The third-order valence-electron chi connectivity index (χ3n) is 7.69. The fourth-order valence-electron chi connectivity index (χ4n) is 5.12. The Kier molecular flexibility index (Phi) is 11.7. The lowest BCUT2D eigenvalue weighted by atomic mass is 9.95. The molecule has 8 nitrogen and oxygen atoms in total. The number of rotatable bonds is 14. The highest BCUT2D eigenvalue weighted by atomic mass is 35.5. The van der Waals surface area contributed by atoms with E-state index in [0.717, 1.165) is 47.0 Å². The van der Waals surface area contributed by atoms with Crippen LogP contribution in [-0.2, 0) is 27.2 Å². The van der Waals surface area contributed by atoms with Gasteiger partial charge in [0.1, 0.15) is 0 Å². The summed E-state index contributed by atoms with van der Waals surface area (Å²) in [7, 11) is 3.67. The highest BCUT2D eigenvalue weighted by molar-refractivity contribution is 7.18. The number of amides is 2. The van der Waals surface area contributed by atoms with Crippen LogP contribution < -0.4 is 10.6 Å². The van der Waals surface area contributed by atoms with Gasteiger partial charge in [0, 0.05) is 75.7 Å². The zero-order valence-electron chi connectivity index (χ0n) is 24.4. The molecule has 0 spiro atoms. The van der Waals surface area contributed by atoms with Gasteiger partial charge in [-0.05, 0) is 43.7 Å². The lowest BCUT2D eigenvalue weighted by Gasteiger charge is -2.32. The van der Waals surface area contributed by atoms with Crippen molar-refractivity contribution in [2.45, 2.75) is 38.1 Å². The smallest absolute Gasteiger partial charge is 0.224 e. The minimum atomic E-state index is -0.609. The van der Waals surface area contributed by atoms with E-state index in [9.17, 15) is 14.4 Å². The number of likely N-dealkylation sites (N-methyl/N-ethyl adjacent to an activating group) is 1. The number of piperazine rings is 1. The molecule has 1 aliphatic heterocycles. The molecule has 1 saturated heterocycles. The Morgan fingerprint density at radius 3 is 2.52 bits per heavy atom. The fraction of sp³-hybridized carbons (Fsp3) is 0.438. The van der Waals surface area contributed by atoms with Crippen LogP contribution in [0, 0.1) is 5.92 Å².